The second kappa shape index (κ2) is 7.88. The molecule has 2 aromatic rings. The number of hydrazone groups is 1. The number of nitro groups is 1. The van der Waals surface area contributed by atoms with E-state index < -0.39 is 4.92 Å². The standard InChI is InChI=1S/C15H14N4O4S/c1-23-13-8-4-5-10(14(13)20)9-16-18-15(24)17-11-6-2-3-7-12(11)19(21)22/h2-9,20H,1H3,(H2,17,18,24)/b16-9+. The molecule has 0 aliphatic heterocycles. The summed E-state index contributed by atoms with van der Waals surface area (Å²) in [7, 11) is 1.44. The zero-order chi connectivity index (χ0) is 17.5. The Kier molecular flexibility index (Phi) is 5.63. The summed E-state index contributed by atoms with van der Waals surface area (Å²) in [5, 5.41) is 27.5. The van der Waals surface area contributed by atoms with Crippen LogP contribution in [-0.4, -0.2) is 28.5 Å². The molecule has 8 nitrogen and oxygen atoms in total. The van der Waals surface area contributed by atoms with Gasteiger partial charge in [-0.25, -0.2) is 0 Å². The lowest BCUT2D eigenvalue weighted by Crippen LogP contribution is -2.24. The van der Waals surface area contributed by atoms with Gasteiger partial charge in [0.2, 0.25) is 0 Å². The van der Waals surface area contributed by atoms with Crippen LogP contribution >= 0.6 is 12.2 Å². The molecule has 0 radical (unpaired) electrons. The molecule has 0 bridgehead atoms. The zero-order valence-electron chi connectivity index (χ0n) is 12.6. The molecular formula is C15H14N4O4S. The van der Waals surface area contributed by atoms with Gasteiger partial charge in [-0.15, -0.1) is 0 Å². The maximum atomic E-state index is 10.9. The Hall–Kier alpha value is -3.20. The first-order valence-corrected chi connectivity index (χ1v) is 7.13. The number of ether oxygens (including phenoxy) is 1. The maximum Gasteiger partial charge on any atom is 0.292 e. The number of thiocarbonyl (C=S) groups is 1. The Morgan fingerprint density at radius 1 is 1.33 bits per heavy atom. The van der Waals surface area contributed by atoms with E-state index in [4.69, 9.17) is 17.0 Å². The third-order valence-electron chi connectivity index (χ3n) is 2.97. The number of hydrogen-bond donors (Lipinski definition) is 3. The second-order valence-electron chi connectivity index (χ2n) is 4.50. The van der Waals surface area contributed by atoms with E-state index in [0.29, 0.717) is 11.3 Å². The molecule has 0 saturated heterocycles. The molecule has 0 aliphatic rings. The van der Waals surface area contributed by atoms with Gasteiger partial charge in [-0.05, 0) is 30.4 Å². The van der Waals surface area contributed by atoms with Gasteiger partial charge in [0, 0.05) is 11.6 Å². The number of methoxy groups -OCH3 is 1. The maximum absolute atomic E-state index is 10.9. The van der Waals surface area contributed by atoms with Crippen molar-refractivity contribution in [2.45, 2.75) is 0 Å². The van der Waals surface area contributed by atoms with E-state index in [9.17, 15) is 15.2 Å². The van der Waals surface area contributed by atoms with E-state index in [-0.39, 0.29) is 22.2 Å². The van der Waals surface area contributed by atoms with Crippen molar-refractivity contribution in [3.63, 3.8) is 0 Å². The molecule has 0 saturated carbocycles. The lowest BCUT2D eigenvalue weighted by molar-refractivity contribution is -0.383. The van der Waals surface area contributed by atoms with Crippen LogP contribution in [0.3, 0.4) is 0 Å². The van der Waals surface area contributed by atoms with Gasteiger partial charge in [0.1, 0.15) is 5.69 Å². The molecule has 2 rings (SSSR count). The summed E-state index contributed by atoms with van der Waals surface area (Å²) in [6.07, 6.45) is 1.35. The van der Waals surface area contributed by atoms with Gasteiger partial charge in [0.15, 0.2) is 16.6 Å². The topological polar surface area (TPSA) is 109 Å². The highest BCUT2D eigenvalue weighted by Crippen LogP contribution is 2.28. The summed E-state index contributed by atoms with van der Waals surface area (Å²) in [6, 6.07) is 11.1. The van der Waals surface area contributed by atoms with E-state index in [1.54, 1.807) is 30.3 Å². The molecule has 2 aromatic carbocycles. The van der Waals surface area contributed by atoms with Crippen molar-refractivity contribution in [2.24, 2.45) is 5.10 Å². The van der Waals surface area contributed by atoms with Crippen molar-refractivity contribution >= 4 is 34.9 Å². The fourth-order valence-corrected chi connectivity index (χ4v) is 2.02. The van der Waals surface area contributed by atoms with Gasteiger partial charge >= 0.3 is 0 Å². The Balaban J connectivity index is 2.03. The van der Waals surface area contributed by atoms with Crippen molar-refractivity contribution in [1.82, 2.24) is 5.43 Å². The third-order valence-corrected chi connectivity index (χ3v) is 3.16. The molecule has 0 aliphatic carbocycles. The molecular weight excluding hydrogens is 332 g/mol. The van der Waals surface area contributed by atoms with Crippen LogP contribution in [0, 0.1) is 10.1 Å². The summed E-state index contributed by atoms with van der Waals surface area (Å²) in [4.78, 5) is 10.4. The summed E-state index contributed by atoms with van der Waals surface area (Å²) < 4.78 is 4.99. The Morgan fingerprint density at radius 2 is 2.08 bits per heavy atom. The molecule has 3 N–H and O–H groups in total. The Bertz CT molecular complexity index is 795. The highest BCUT2D eigenvalue weighted by Gasteiger charge is 2.12. The lowest BCUT2D eigenvalue weighted by Gasteiger charge is -2.08. The Morgan fingerprint density at radius 3 is 2.79 bits per heavy atom. The number of hydrogen-bond acceptors (Lipinski definition) is 6. The van der Waals surface area contributed by atoms with Crippen molar-refractivity contribution < 1.29 is 14.8 Å². The molecule has 0 atom stereocenters. The molecule has 124 valence electrons. The number of rotatable bonds is 5. The normalized spacial score (nSPS) is 10.4. The van der Waals surface area contributed by atoms with E-state index in [0.717, 1.165) is 0 Å². The van der Waals surface area contributed by atoms with Crippen LogP contribution in [0.1, 0.15) is 5.56 Å². The monoisotopic (exact) mass is 346 g/mol. The molecule has 0 aromatic heterocycles. The largest absolute Gasteiger partial charge is 0.504 e. The van der Waals surface area contributed by atoms with Crippen LogP contribution in [0.4, 0.5) is 11.4 Å². The first-order chi connectivity index (χ1) is 11.5. The summed E-state index contributed by atoms with van der Waals surface area (Å²) in [6.45, 7) is 0. The van der Waals surface area contributed by atoms with Gasteiger partial charge < -0.3 is 15.2 Å². The van der Waals surface area contributed by atoms with E-state index >= 15 is 0 Å². The average Bonchev–Trinajstić information content (AvgIpc) is 2.56. The number of phenols is 1. The van der Waals surface area contributed by atoms with Gasteiger partial charge in [0.25, 0.3) is 5.69 Å². The second-order valence-corrected chi connectivity index (χ2v) is 4.90. The Labute approximate surface area is 142 Å². The van der Waals surface area contributed by atoms with Crippen LogP contribution in [0.15, 0.2) is 47.6 Å². The minimum absolute atomic E-state index is 0.0527. The van der Waals surface area contributed by atoms with Gasteiger partial charge in [0.05, 0.1) is 18.2 Å². The third kappa shape index (κ3) is 4.17. The fraction of sp³-hybridized carbons (Fsp3) is 0.0667. The number of benzene rings is 2. The number of aromatic hydroxyl groups is 1. The summed E-state index contributed by atoms with van der Waals surface area (Å²) >= 11 is 5.03. The highest BCUT2D eigenvalue weighted by atomic mass is 32.1. The predicted molar refractivity (Wildman–Crippen MR) is 94.7 cm³/mol. The van der Waals surface area contributed by atoms with Crippen LogP contribution in [0.25, 0.3) is 0 Å². The molecule has 0 unspecified atom stereocenters. The van der Waals surface area contributed by atoms with E-state index in [2.05, 4.69) is 15.8 Å². The van der Waals surface area contributed by atoms with Crippen molar-refractivity contribution in [3.8, 4) is 11.5 Å². The number of para-hydroxylation sites is 3. The number of anilines is 1. The molecule has 0 spiro atoms. The predicted octanol–water partition coefficient (Wildman–Crippen LogP) is 2.63. The first-order valence-electron chi connectivity index (χ1n) is 6.72. The quantitative estimate of drug-likeness (QED) is 0.330. The number of phenolic OH excluding ortho intramolecular Hbond substituents is 1. The fourth-order valence-electron chi connectivity index (χ4n) is 1.86. The zero-order valence-corrected chi connectivity index (χ0v) is 13.4. The van der Waals surface area contributed by atoms with E-state index in [1.165, 1.54) is 25.5 Å². The summed E-state index contributed by atoms with van der Waals surface area (Å²) in [5.41, 5.74) is 3.10. The number of nitrogens with zero attached hydrogens (tertiary/aromatic N) is 2. The lowest BCUT2D eigenvalue weighted by atomic mass is 10.2. The highest BCUT2D eigenvalue weighted by molar-refractivity contribution is 7.80. The average molecular weight is 346 g/mol. The molecule has 0 amide bonds. The molecule has 0 heterocycles. The van der Waals surface area contributed by atoms with Crippen molar-refractivity contribution in [3.05, 3.63) is 58.1 Å². The van der Waals surface area contributed by atoms with Gasteiger partial charge in [-0.2, -0.15) is 5.10 Å². The minimum Gasteiger partial charge on any atom is -0.504 e. The van der Waals surface area contributed by atoms with Crippen LogP contribution in [0.5, 0.6) is 11.5 Å². The SMILES string of the molecule is COc1cccc(/C=N/NC(=S)Nc2ccccc2[N+](=O)[O-])c1O. The number of nitro benzene ring substituents is 1. The van der Waals surface area contributed by atoms with Crippen molar-refractivity contribution in [2.75, 3.05) is 12.4 Å². The van der Waals surface area contributed by atoms with Gasteiger partial charge in [-0.3, -0.25) is 15.5 Å². The van der Waals surface area contributed by atoms with Gasteiger partial charge in [-0.1, -0.05) is 18.2 Å². The summed E-state index contributed by atoms with van der Waals surface area (Å²) in [5.74, 6) is 0.266. The van der Waals surface area contributed by atoms with Crippen molar-refractivity contribution in [1.29, 1.82) is 0 Å². The first kappa shape index (κ1) is 17.2. The minimum atomic E-state index is -0.511. The smallest absolute Gasteiger partial charge is 0.292 e. The van der Waals surface area contributed by atoms with Crippen LogP contribution < -0.4 is 15.5 Å². The number of nitrogens with one attached hydrogen (secondary N) is 2. The van der Waals surface area contributed by atoms with Crippen LogP contribution in [-0.2, 0) is 0 Å². The molecule has 0 fully saturated rings. The molecule has 9 heteroatoms. The van der Waals surface area contributed by atoms with Crippen LogP contribution in [0.2, 0.25) is 0 Å². The molecule has 24 heavy (non-hydrogen) atoms. The van der Waals surface area contributed by atoms with E-state index in [1.807, 2.05) is 0 Å².